The van der Waals surface area contributed by atoms with Gasteiger partial charge in [-0.2, -0.15) is 0 Å². The van der Waals surface area contributed by atoms with Gasteiger partial charge in [-0.05, 0) is 30.4 Å². The predicted octanol–water partition coefficient (Wildman–Crippen LogP) is 2.64. The zero-order chi connectivity index (χ0) is 18.6. The summed E-state index contributed by atoms with van der Waals surface area (Å²) >= 11 is 3.22. The van der Waals surface area contributed by atoms with Crippen LogP contribution in [0.25, 0.3) is 0 Å². The summed E-state index contributed by atoms with van der Waals surface area (Å²) in [6.07, 6.45) is 5.96. The van der Waals surface area contributed by atoms with E-state index in [4.69, 9.17) is 9.47 Å². The summed E-state index contributed by atoms with van der Waals surface area (Å²) in [5, 5.41) is 9.48. The summed E-state index contributed by atoms with van der Waals surface area (Å²) < 4.78 is 10.1. The van der Waals surface area contributed by atoms with Gasteiger partial charge in [-0.15, -0.1) is 0 Å². The van der Waals surface area contributed by atoms with E-state index in [9.17, 15) is 19.5 Å². The van der Waals surface area contributed by atoms with Gasteiger partial charge in [-0.25, -0.2) is 14.4 Å². The average Bonchev–Trinajstić information content (AvgIpc) is 2.83. The van der Waals surface area contributed by atoms with Crippen LogP contribution >= 0.6 is 15.9 Å². The zero-order valence-corrected chi connectivity index (χ0v) is 14.9. The maximum absolute atomic E-state index is 12.3. The van der Waals surface area contributed by atoms with Crippen LogP contribution in [0.1, 0.15) is 10.4 Å². The Balaban J connectivity index is 2.76. The number of aromatic carboxylic acids is 1. The van der Waals surface area contributed by atoms with Crippen molar-refractivity contribution < 1.29 is 29.0 Å². The SMILES string of the molecule is COC(=O)C1=C(C(=O)OC)N(c2ccc(Br)cc2C(=O)O)C=CC=C1. The summed E-state index contributed by atoms with van der Waals surface area (Å²) in [7, 11) is 2.35. The first-order valence-corrected chi connectivity index (χ1v) is 7.77. The molecule has 1 heterocycles. The molecular formula is C17H14BrNO6. The van der Waals surface area contributed by atoms with Crippen LogP contribution in [0.5, 0.6) is 0 Å². The fourth-order valence-electron chi connectivity index (χ4n) is 2.24. The normalized spacial score (nSPS) is 13.5. The molecule has 8 heteroatoms. The highest BCUT2D eigenvalue weighted by Crippen LogP contribution is 2.31. The highest BCUT2D eigenvalue weighted by atomic mass is 79.9. The molecule has 1 N–H and O–H groups in total. The number of rotatable bonds is 4. The Hall–Kier alpha value is -2.87. The first-order chi connectivity index (χ1) is 11.9. The smallest absolute Gasteiger partial charge is 0.355 e. The van der Waals surface area contributed by atoms with Crippen molar-refractivity contribution in [2.45, 2.75) is 0 Å². The Labute approximate surface area is 152 Å². The van der Waals surface area contributed by atoms with Gasteiger partial charge >= 0.3 is 17.9 Å². The van der Waals surface area contributed by atoms with Gasteiger partial charge in [0.15, 0.2) is 0 Å². The third kappa shape index (κ3) is 3.80. The topological polar surface area (TPSA) is 93.1 Å². The lowest BCUT2D eigenvalue weighted by Gasteiger charge is -2.24. The van der Waals surface area contributed by atoms with Crippen molar-refractivity contribution in [3.05, 3.63) is 63.9 Å². The molecule has 2 rings (SSSR count). The summed E-state index contributed by atoms with van der Waals surface area (Å²) in [5.74, 6) is -2.75. The minimum absolute atomic E-state index is 0.0568. The number of esters is 2. The van der Waals surface area contributed by atoms with Crippen molar-refractivity contribution in [2.75, 3.05) is 19.1 Å². The Morgan fingerprint density at radius 3 is 2.36 bits per heavy atom. The number of carbonyl (C=O) groups is 3. The number of hydrogen-bond acceptors (Lipinski definition) is 6. The minimum Gasteiger partial charge on any atom is -0.478 e. The van der Waals surface area contributed by atoms with Gasteiger partial charge in [0.05, 0.1) is 31.0 Å². The molecule has 0 saturated heterocycles. The van der Waals surface area contributed by atoms with Gasteiger partial charge in [-0.1, -0.05) is 22.0 Å². The maximum Gasteiger partial charge on any atom is 0.355 e. The first kappa shape index (κ1) is 18.5. The molecular weight excluding hydrogens is 394 g/mol. The number of carbonyl (C=O) groups excluding carboxylic acids is 2. The molecule has 0 atom stereocenters. The fraction of sp³-hybridized carbons (Fsp3) is 0.118. The molecule has 0 aliphatic carbocycles. The Kier molecular flexibility index (Phi) is 5.76. The molecule has 1 aliphatic rings. The highest BCUT2D eigenvalue weighted by Gasteiger charge is 2.29. The third-order valence-corrected chi connectivity index (χ3v) is 3.83. The van der Waals surface area contributed by atoms with E-state index < -0.39 is 17.9 Å². The first-order valence-electron chi connectivity index (χ1n) is 6.98. The highest BCUT2D eigenvalue weighted by molar-refractivity contribution is 9.10. The van der Waals surface area contributed by atoms with E-state index >= 15 is 0 Å². The molecule has 7 nitrogen and oxygen atoms in total. The summed E-state index contributed by atoms with van der Waals surface area (Å²) in [4.78, 5) is 37.3. The van der Waals surface area contributed by atoms with Gasteiger partial charge < -0.3 is 19.5 Å². The molecule has 0 fully saturated rings. The number of halogens is 1. The second-order valence-corrected chi connectivity index (χ2v) is 5.70. The van der Waals surface area contributed by atoms with Crippen LogP contribution < -0.4 is 4.90 Å². The molecule has 1 aromatic rings. The molecule has 0 unspecified atom stereocenters. The zero-order valence-electron chi connectivity index (χ0n) is 13.4. The van der Waals surface area contributed by atoms with Gasteiger partial charge in [0.2, 0.25) is 0 Å². The molecule has 1 aromatic carbocycles. The van der Waals surface area contributed by atoms with Crippen LogP contribution in [0.3, 0.4) is 0 Å². The quantitative estimate of drug-likeness (QED) is 0.766. The molecule has 0 radical (unpaired) electrons. The molecule has 130 valence electrons. The number of hydrogen-bond donors (Lipinski definition) is 1. The monoisotopic (exact) mass is 407 g/mol. The minimum atomic E-state index is -1.19. The summed E-state index contributed by atoms with van der Waals surface area (Å²) in [6.45, 7) is 0. The van der Waals surface area contributed by atoms with Crippen molar-refractivity contribution >= 4 is 39.5 Å². The molecule has 0 bridgehead atoms. The fourth-order valence-corrected chi connectivity index (χ4v) is 2.60. The van der Waals surface area contributed by atoms with Crippen molar-refractivity contribution in [2.24, 2.45) is 0 Å². The average molecular weight is 408 g/mol. The second-order valence-electron chi connectivity index (χ2n) is 4.78. The second kappa shape index (κ2) is 7.80. The lowest BCUT2D eigenvalue weighted by molar-refractivity contribution is -0.139. The maximum atomic E-state index is 12.3. The summed E-state index contributed by atoms with van der Waals surface area (Å²) in [5.41, 5.74) is -0.0771. The number of nitrogens with zero attached hydrogens (tertiary/aromatic N) is 1. The van der Waals surface area contributed by atoms with E-state index in [0.717, 1.165) is 0 Å². The number of carboxylic acids is 1. The van der Waals surface area contributed by atoms with Gasteiger partial charge in [0, 0.05) is 10.7 Å². The van der Waals surface area contributed by atoms with Crippen molar-refractivity contribution in [1.29, 1.82) is 0 Å². The Morgan fingerprint density at radius 2 is 1.76 bits per heavy atom. The van der Waals surface area contributed by atoms with Crippen LogP contribution in [0.15, 0.2) is 58.4 Å². The van der Waals surface area contributed by atoms with Crippen LogP contribution in [-0.2, 0) is 19.1 Å². The Morgan fingerprint density at radius 1 is 1.08 bits per heavy atom. The van der Waals surface area contributed by atoms with Crippen molar-refractivity contribution in [1.82, 2.24) is 0 Å². The third-order valence-electron chi connectivity index (χ3n) is 3.34. The number of anilines is 1. The van der Waals surface area contributed by atoms with Gasteiger partial charge in [0.25, 0.3) is 0 Å². The largest absolute Gasteiger partial charge is 0.478 e. The number of methoxy groups -OCH3 is 2. The van der Waals surface area contributed by atoms with E-state index in [2.05, 4.69) is 15.9 Å². The Bertz CT molecular complexity index is 824. The molecule has 25 heavy (non-hydrogen) atoms. The van der Waals surface area contributed by atoms with E-state index in [1.165, 1.54) is 49.6 Å². The standard InChI is InChI=1S/C17H14BrNO6/c1-24-16(22)11-5-3-4-8-19(14(11)17(23)25-2)13-7-6-10(18)9-12(13)15(20)21/h3-9H,1-2H3,(H,20,21). The van der Waals surface area contributed by atoms with E-state index in [1.54, 1.807) is 12.1 Å². The van der Waals surface area contributed by atoms with Crippen LogP contribution in [0.4, 0.5) is 5.69 Å². The van der Waals surface area contributed by atoms with Gasteiger partial charge in [-0.3, -0.25) is 0 Å². The van der Waals surface area contributed by atoms with Crippen molar-refractivity contribution in [3.8, 4) is 0 Å². The van der Waals surface area contributed by atoms with Gasteiger partial charge in [0.1, 0.15) is 5.70 Å². The van der Waals surface area contributed by atoms with Crippen molar-refractivity contribution in [3.63, 3.8) is 0 Å². The lowest BCUT2D eigenvalue weighted by atomic mass is 10.1. The summed E-state index contributed by atoms with van der Waals surface area (Å²) in [6, 6.07) is 4.54. The van der Waals surface area contributed by atoms with Crippen LogP contribution in [-0.4, -0.2) is 37.2 Å². The number of carboxylic acid groups (broad SMARTS) is 1. The number of ether oxygens (including phenoxy) is 2. The van der Waals surface area contributed by atoms with E-state index in [1.807, 2.05) is 0 Å². The number of benzene rings is 1. The lowest BCUT2D eigenvalue weighted by Crippen LogP contribution is -2.28. The van der Waals surface area contributed by atoms with E-state index in [-0.39, 0.29) is 22.5 Å². The molecule has 0 amide bonds. The van der Waals surface area contributed by atoms with Crippen LogP contribution in [0.2, 0.25) is 0 Å². The predicted molar refractivity (Wildman–Crippen MR) is 92.9 cm³/mol. The molecule has 0 aromatic heterocycles. The molecule has 0 spiro atoms. The molecule has 0 saturated carbocycles. The van der Waals surface area contributed by atoms with Crippen LogP contribution in [0, 0.1) is 0 Å². The number of allylic oxidation sites excluding steroid dienone is 2. The van der Waals surface area contributed by atoms with E-state index in [0.29, 0.717) is 4.47 Å². The molecule has 1 aliphatic heterocycles.